The van der Waals surface area contributed by atoms with Crippen LogP contribution in [0.1, 0.15) is 0 Å². The molecule has 0 saturated heterocycles. The number of hydrogen-bond donors (Lipinski definition) is 1. The molecule has 7 nitrogen and oxygen atoms in total. The van der Waals surface area contributed by atoms with E-state index < -0.39 is 10.1 Å². The Labute approximate surface area is 57.6 Å². The topological polar surface area (TPSA) is 98.3 Å². The van der Waals surface area contributed by atoms with Crippen LogP contribution in [0.25, 0.3) is 0 Å². The number of hydrogen-bond acceptors (Lipinski definition) is 4. The molecule has 0 aliphatic carbocycles. The van der Waals surface area contributed by atoms with Crippen LogP contribution in [-0.2, 0) is 21.1 Å². The molecule has 0 aliphatic heterocycles. The third-order valence-electron chi connectivity index (χ3n) is 0.163. The molecule has 0 unspecified atom stereocenters. The first-order chi connectivity index (χ1) is 3.13. The summed E-state index contributed by atoms with van der Waals surface area (Å²) in [5.74, 6) is 0. The van der Waals surface area contributed by atoms with Crippen molar-refractivity contribution in [2.45, 2.75) is 0 Å². The van der Waals surface area contributed by atoms with Gasteiger partial charge in [0, 0.05) is 0 Å². The van der Waals surface area contributed by atoms with Crippen LogP contribution in [0.5, 0.6) is 0 Å². The predicted molar refractivity (Wildman–Crippen MR) is 17.1 cm³/mol. The molecule has 0 amide bonds. The first kappa shape index (κ1) is 10.3. The van der Waals surface area contributed by atoms with Crippen molar-refractivity contribution in [3.8, 4) is 0 Å². The van der Waals surface area contributed by atoms with Crippen LogP contribution in [-0.4, -0.2) is 10.1 Å². The summed E-state index contributed by atoms with van der Waals surface area (Å²) < 4.78 is 0. The molecule has 0 aromatic heterocycles. The fraction of sp³-hybridized carbons (Fsp3) is 0. The third-order valence-corrected chi connectivity index (χ3v) is 0.163. The first-order valence-electron chi connectivity index (χ1n) is 1.18. The van der Waals surface area contributed by atoms with Gasteiger partial charge in [0.05, 0.1) is 0 Å². The Bertz CT molecular complexity index is 87.5. The smallest absolute Gasteiger partial charge is 0.230 e. The third kappa shape index (κ3) is 8.99. The molecule has 0 fully saturated rings. The van der Waals surface area contributed by atoms with E-state index in [1.807, 2.05) is 0 Å². The molecule has 0 aromatic carbocycles. The van der Waals surface area contributed by atoms with E-state index in [0.29, 0.717) is 0 Å². The van der Waals surface area contributed by atoms with Crippen molar-refractivity contribution < 1.29 is 31.1 Å². The minimum Gasteiger partial charge on any atom is -0.230 e. The second-order valence-corrected chi connectivity index (χ2v) is 0.614. The van der Waals surface area contributed by atoms with E-state index >= 15 is 0 Å². The summed E-state index contributed by atoms with van der Waals surface area (Å²) in [5, 5.41) is 15.6. The number of nitrogens with zero attached hydrogens (tertiary/aromatic N) is 2. The van der Waals surface area contributed by atoms with Gasteiger partial charge in [0.1, 0.15) is 0 Å². The standard InChI is InChI=1S/HN3O4.Pt/c4-2(5)1-3(6)7;/h1H;/q;+2. The molecule has 0 aliphatic rings. The summed E-state index contributed by atoms with van der Waals surface area (Å²) in [7, 11) is 0. The Morgan fingerprint density at radius 2 is 1.38 bits per heavy atom. The number of nitro groups is 2. The summed E-state index contributed by atoms with van der Waals surface area (Å²) in [4.78, 5) is 18.1. The summed E-state index contributed by atoms with van der Waals surface area (Å²) in [6.45, 7) is 0. The van der Waals surface area contributed by atoms with Gasteiger partial charge in [-0.1, -0.05) is 0 Å². The van der Waals surface area contributed by atoms with Crippen molar-refractivity contribution >= 4 is 0 Å². The Balaban J connectivity index is 0. The molecule has 1 N–H and O–H groups in total. The number of nitrogens with one attached hydrogen (secondary N) is 1. The summed E-state index contributed by atoms with van der Waals surface area (Å²) >= 11 is 0. The van der Waals surface area contributed by atoms with Gasteiger partial charge in [-0.05, 0) is 0 Å². The van der Waals surface area contributed by atoms with E-state index in [1.165, 1.54) is 0 Å². The van der Waals surface area contributed by atoms with E-state index in [0.717, 1.165) is 5.53 Å². The second kappa shape index (κ2) is 4.45. The average molecular weight is 302 g/mol. The van der Waals surface area contributed by atoms with E-state index in [9.17, 15) is 0 Å². The van der Waals surface area contributed by atoms with Crippen molar-refractivity contribution in [2.75, 3.05) is 0 Å². The van der Waals surface area contributed by atoms with E-state index in [-0.39, 0.29) is 21.1 Å². The molecule has 8 heteroatoms. The molecule has 0 rings (SSSR count). The maximum atomic E-state index is 9.06. The van der Waals surface area contributed by atoms with Gasteiger partial charge in [-0.3, -0.25) is 0 Å². The van der Waals surface area contributed by atoms with Gasteiger partial charge < -0.3 is 0 Å². The van der Waals surface area contributed by atoms with Crippen LogP contribution in [0.3, 0.4) is 0 Å². The van der Waals surface area contributed by atoms with Gasteiger partial charge in [0.25, 0.3) is 0 Å². The van der Waals surface area contributed by atoms with Crippen molar-refractivity contribution in [3.05, 3.63) is 20.2 Å². The molecular weight excluding hydrogens is 301 g/mol. The molecule has 0 atom stereocenters. The maximum absolute atomic E-state index is 9.06. The van der Waals surface area contributed by atoms with Crippen molar-refractivity contribution in [2.24, 2.45) is 0 Å². The van der Waals surface area contributed by atoms with Gasteiger partial charge in [0.2, 0.25) is 10.1 Å². The zero-order valence-corrected chi connectivity index (χ0v) is 5.62. The summed E-state index contributed by atoms with van der Waals surface area (Å²) in [5.41, 5.74) is 0.750. The molecule has 0 aromatic rings. The van der Waals surface area contributed by atoms with E-state index in [4.69, 9.17) is 20.2 Å². The monoisotopic (exact) mass is 302 g/mol. The maximum Gasteiger partial charge on any atom is 2.00 e. The van der Waals surface area contributed by atoms with Gasteiger partial charge in [-0.2, -0.15) is 0 Å². The van der Waals surface area contributed by atoms with Crippen LogP contribution in [0.4, 0.5) is 0 Å². The summed E-state index contributed by atoms with van der Waals surface area (Å²) in [6, 6.07) is 0. The van der Waals surface area contributed by atoms with Gasteiger partial charge in [-0.25, -0.2) is 20.2 Å². The van der Waals surface area contributed by atoms with Crippen LogP contribution in [0.15, 0.2) is 0 Å². The van der Waals surface area contributed by atoms with Crippen LogP contribution in [0.2, 0.25) is 0 Å². The Morgan fingerprint density at radius 3 is 1.38 bits per heavy atom. The number of rotatable bonds is 2. The fourth-order valence-corrected chi connectivity index (χ4v) is 0.0667. The Kier molecular flexibility index (Phi) is 5.73. The Hall–Kier alpha value is -0.712. The van der Waals surface area contributed by atoms with Gasteiger partial charge >= 0.3 is 21.1 Å². The molecule has 0 radical (unpaired) electrons. The quantitative estimate of drug-likeness (QED) is 0.519. The molecule has 48 valence electrons. The molecular formula is HN3O4Pt+2. The van der Waals surface area contributed by atoms with Crippen LogP contribution in [0, 0.1) is 20.2 Å². The molecule has 8 heavy (non-hydrogen) atoms. The van der Waals surface area contributed by atoms with E-state index in [2.05, 4.69) is 0 Å². The minimum absolute atomic E-state index is 0. The predicted octanol–water partition coefficient (Wildman–Crippen LogP) is -1.04. The van der Waals surface area contributed by atoms with Gasteiger partial charge in [0.15, 0.2) is 5.53 Å². The first-order valence-corrected chi connectivity index (χ1v) is 1.18. The molecule has 0 spiro atoms. The zero-order chi connectivity index (χ0) is 5.86. The van der Waals surface area contributed by atoms with Crippen LogP contribution < -0.4 is 5.53 Å². The van der Waals surface area contributed by atoms with Gasteiger partial charge in [-0.15, -0.1) is 0 Å². The van der Waals surface area contributed by atoms with Crippen LogP contribution >= 0.6 is 0 Å². The minimum atomic E-state index is -1.25. The molecule has 0 bridgehead atoms. The average Bonchev–Trinajstić information content (AvgIpc) is 1.27. The fourth-order valence-electron chi connectivity index (χ4n) is 0.0667. The van der Waals surface area contributed by atoms with E-state index in [1.54, 1.807) is 0 Å². The van der Waals surface area contributed by atoms with Crippen molar-refractivity contribution in [3.63, 3.8) is 0 Å². The zero-order valence-electron chi connectivity index (χ0n) is 3.34. The van der Waals surface area contributed by atoms with Crippen molar-refractivity contribution in [1.29, 1.82) is 0 Å². The molecule has 0 saturated carbocycles. The number of hydrazine groups is 2. The largest absolute Gasteiger partial charge is 2.00 e. The Morgan fingerprint density at radius 1 is 1.12 bits per heavy atom. The molecule has 0 heterocycles. The second-order valence-electron chi connectivity index (χ2n) is 0.614. The van der Waals surface area contributed by atoms with Crippen molar-refractivity contribution in [1.82, 2.24) is 5.53 Å². The SMILES string of the molecule is O=[N+]([O-])N[N+](=O)[O-].[Pt+2]. The summed E-state index contributed by atoms with van der Waals surface area (Å²) in [6.07, 6.45) is 0. The normalized spacial score (nSPS) is 6.50.